The number of rotatable bonds is 4. The molecule has 1 aliphatic heterocycles. The van der Waals surface area contributed by atoms with Crippen molar-refractivity contribution in [3.05, 3.63) is 69.2 Å². The monoisotopic (exact) mass is 552 g/mol. The third kappa shape index (κ3) is 6.08. The number of carbonyl (C=O) groups excluding carboxylic acids is 3. The number of hydrogen-bond acceptors (Lipinski definition) is 6. The molecule has 0 bridgehead atoms. The summed E-state index contributed by atoms with van der Waals surface area (Å²) in [5.74, 6) is -0.723. The number of aromatic nitrogens is 2. The molecule has 13 heteroatoms. The third-order valence-corrected chi connectivity index (χ3v) is 6.16. The van der Waals surface area contributed by atoms with E-state index in [9.17, 15) is 27.6 Å². The first-order valence-electron chi connectivity index (χ1n) is 10.8. The summed E-state index contributed by atoms with van der Waals surface area (Å²) in [4.78, 5) is 36.9. The number of benzene rings is 2. The molecular weight excluding hydrogens is 533 g/mol. The molecule has 0 atom stereocenters. The van der Waals surface area contributed by atoms with Gasteiger partial charge in [-0.05, 0) is 74.0 Å². The minimum atomic E-state index is -4.57. The molecule has 37 heavy (non-hydrogen) atoms. The van der Waals surface area contributed by atoms with Crippen LogP contribution in [0.25, 0.3) is 17.0 Å². The highest BCUT2D eigenvalue weighted by Gasteiger charge is 2.37. The Balaban J connectivity index is 1.55. The van der Waals surface area contributed by atoms with E-state index >= 15 is 0 Å². The number of thioether (sulfide) groups is 1. The second-order valence-electron chi connectivity index (χ2n) is 9.05. The van der Waals surface area contributed by atoms with Gasteiger partial charge in [-0.2, -0.15) is 23.3 Å². The predicted octanol–water partition coefficient (Wildman–Crippen LogP) is 6.23. The highest BCUT2D eigenvalue weighted by atomic mass is 35.5. The average Bonchev–Trinajstić information content (AvgIpc) is 3.28. The molecule has 0 aliphatic carbocycles. The number of nitrogens with zero attached hydrogens (tertiary/aromatic N) is 3. The van der Waals surface area contributed by atoms with E-state index in [0.29, 0.717) is 33.2 Å². The van der Waals surface area contributed by atoms with Gasteiger partial charge in [0.2, 0.25) is 0 Å². The normalized spacial score (nSPS) is 15.6. The van der Waals surface area contributed by atoms with Crippen LogP contribution in [0.15, 0.2) is 47.5 Å². The Hall–Kier alpha value is -3.51. The Morgan fingerprint density at radius 2 is 1.89 bits per heavy atom. The number of ether oxygens (including phenoxy) is 1. The van der Waals surface area contributed by atoms with E-state index < -0.39 is 34.6 Å². The summed E-state index contributed by atoms with van der Waals surface area (Å²) >= 11 is 6.41. The number of imide groups is 1. The molecule has 0 unspecified atom stereocenters. The van der Waals surface area contributed by atoms with E-state index in [-0.39, 0.29) is 22.0 Å². The molecule has 1 fully saturated rings. The zero-order chi connectivity index (χ0) is 27.1. The van der Waals surface area contributed by atoms with E-state index in [1.807, 2.05) is 0 Å². The standard InChI is InChI=1S/C24H20ClF3N4O4S/c1-23(2,3)36-21(34)30-32-20(33)19(37-22(32)35)9-13-4-7-18-15(8-13)11-29-31(18)12-14-5-6-16(25)10-17(14)24(26,27)28/h4-11H,12H2,1-3H3,(H,30,34). The summed E-state index contributed by atoms with van der Waals surface area (Å²) in [6.45, 7) is 4.79. The van der Waals surface area contributed by atoms with E-state index in [1.54, 1.807) is 39.0 Å². The molecule has 0 saturated carbocycles. The molecule has 1 aromatic heterocycles. The topological polar surface area (TPSA) is 93.5 Å². The van der Waals surface area contributed by atoms with E-state index in [4.69, 9.17) is 16.3 Å². The van der Waals surface area contributed by atoms with Gasteiger partial charge in [0.25, 0.3) is 5.91 Å². The minimum absolute atomic E-state index is 0.0112. The van der Waals surface area contributed by atoms with Crippen LogP contribution in [0.4, 0.5) is 22.8 Å². The van der Waals surface area contributed by atoms with Crippen LogP contribution >= 0.6 is 23.4 Å². The Labute approximate surface area is 218 Å². The number of nitrogens with one attached hydrogen (secondary N) is 1. The number of carbonyl (C=O) groups is 3. The number of amides is 3. The highest BCUT2D eigenvalue weighted by Crippen LogP contribution is 2.35. The fraction of sp³-hybridized carbons (Fsp3) is 0.250. The smallest absolute Gasteiger partial charge is 0.427 e. The molecule has 1 saturated heterocycles. The van der Waals surface area contributed by atoms with Crippen molar-refractivity contribution in [2.24, 2.45) is 0 Å². The van der Waals surface area contributed by atoms with Crippen LogP contribution < -0.4 is 5.43 Å². The number of alkyl halides is 3. The van der Waals surface area contributed by atoms with Crippen molar-refractivity contribution in [3.8, 4) is 0 Å². The lowest BCUT2D eigenvalue weighted by molar-refractivity contribution is -0.138. The first kappa shape index (κ1) is 26.6. The van der Waals surface area contributed by atoms with Crippen LogP contribution in [0.5, 0.6) is 0 Å². The SMILES string of the molecule is CC(C)(C)OC(=O)NN1C(=O)SC(=Cc2ccc3c(cnn3Cc3ccc(Cl)cc3C(F)(F)F)c2)C1=O. The lowest BCUT2D eigenvalue weighted by Gasteiger charge is -2.21. The van der Waals surface area contributed by atoms with Crippen molar-refractivity contribution >= 4 is 57.6 Å². The fourth-order valence-corrected chi connectivity index (χ4v) is 4.49. The van der Waals surface area contributed by atoms with Crippen molar-refractivity contribution in [2.45, 2.75) is 39.1 Å². The Bertz CT molecular complexity index is 1450. The molecule has 4 rings (SSSR count). The van der Waals surface area contributed by atoms with Crippen LogP contribution in [0, 0.1) is 0 Å². The zero-order valence-electron chi connectivity index (χ0n) is 19.7. The van der Waals surface area contributed by atoms with Crippen molar-refractivity contribution in [3.63, 3.8) is 0 Å². The van der Waals surface area contributed by atoms with Crippen molar-refractivity contribution in [2.75, 3.05) is 0 Å². The highest BCUT2D eigenvalue weighted by molar-refractivity contribution is 8.18. The lowest BCUT2D eigenvalue weighted by Crippen LogP contribution is -2.46. The fourth-order valence-electron chi connectivity index (χ4n) is 3.54. The Morgan fingerprint density at radius 3 is 2.57 bits per heavy atom. The molecule has 0 radical (unpaired) electrons. The Kier molecular flexibility index (Phi) is 6.99. The number of hydrazine groups is 1. The lowest BCUT2D eigenvalue weighted by atomic mass is 10.1. The van der Waals surface area contributed by atoms with Crippen molar-refractivity contribution < 1.29 is 32.3 Å². The summed E-state index contributed by atoms with van der Waals surface area (Å²) in [6.07, 6.45) is -2.55. The summed E-state index contributed by atoms with van der Waals surface area (Å²) in [5, 5.41) is 4.69. The second-order valence-corrected chi connectivity index (χ2v) is 10.5. The molecule has 194 valence electrons. The number of halogens is 4. The Morgan fingerprint density at radius 1 is 1.16 bits per heavy atom. The minimum Gasteiger partial charge on any atom is -0.443 e. The maximum atomic E-state index is 13.5. The van der Waals surface area contributed by atoms with Gasteiger partial charge < -0.3 is 4.74 Å². The molecule has 1 aliphatic rings. The number of fused-ring (bicyclic) bond motifs is 1. The van der Waals surface area contributed by atoms with Crippen molar-refractivity contribution in [1.82, 2.24) is 20.2 Å². The summed E-state index contributed by atoms with van der Waals surface area (Å²) in [7, 11) is 0. The van der Waals surface area contributed by atoms with Crippen molar-refractivity contribution in [1.29, 1.82) is 0 Å². The maximum absolute atomic E-state index is 13.5. The number of hydrogen-bond donors (Lipinski definition) is 1. The maximum Gasteiger partial charge on any atom is 0.427 e. The molecule has 2 heterocycles. The van der Waals surface area contributed by atoms with E-state index in [2.05, 4.69) is 10.5 Å². The van der Waals surface area contributed by atoms with Gasteiger partial charge in [0.1, 0.15) is 5.60 Å². The molecular formula is C24H20ClF3N4O4S. The largest absolute Gasteiger partial charge is 0.443 e. The summed E-state index contributed by atoms with van der Waals surface area (Å²) in [5.41, 5.74) is 1.62. The van der Waals surface area contributed by atoms with Gasteiger partial charge in [0.05, 0.1) is 28.7 Å². The predicted molar refractivity (Wildman–Crippen MR) is 132 cm³/mol. The van der Waals surface area contributed by atoms with Crippen LogP contribution in [0.3, 0.4) is 0 Å². The van der Waals surface area contributed by atoms with Crippen LogP contribution in [0.2, 0.25) is 5.02 Å². The zero-order valence-corrected chi connectivity index (χ0v) is 21.3. The van der Waals surface area contributed by atoms with E-state index in [0.717, 1.165) is 6.07 Å². The van der Waals surface area contributed by atoms with Crippen LogP contribution in [-0.2, 0) is 22.3 Å². The van der Waals surface area contributed by atoms with Crippen LogP contribution in [-0.4, -0.2) is 37.6 Å². The average molecular weight is 553 g/mol. The van der Waals surface area contributed by atoms with Gasteiger partial charge in [0, 0.05) is 10.4 Å². The quantitative estimate of drug-likeness (QED) is 0.386. The molecule has 8 nitrogen and oxygen atoms in total. The van der Waals surface area contributed by atoms with E-state index in [1.165, 1.54) is 29.1 Å². The molecule has 2 aromatic carbocycles. The summed E-state index contributed by atoms with van der Waals surface area (Å²) in [6, 6.07) is 8.56. The van der Waals surface area contributed by atoms with Gasteiger partial charge in [-0.25, -0.2) is 10.2 Å². The van der Waals surface area contributed by atoms with Gasteiger partial charge >= 0.3 is 17.5 Å². The second kappa shape index (κ2) is 9.75. The van der Waals surface area contributed by atoms with Gasteiger partial charge in [0.15, 0.2) is 0 Å². The van der Waals surface area contributed by atoms with Crippen LogP contribution in [0.1, 0.15) is 37.5 Å². The molecule has 3 amide bonds. The molecule has 3 aromatic rings. The summed E-state index contributed by atoms with van der Waals surface area (Å²) < 4.78 is 46.9. The molecule has 0 spiro atoms. The third-order valence-electron chi connectivity index (χ3n) is 5.06. The van der Waals surface area contributed by atoms with Gasteiger partial charge in [-0.1, -0.05) is 23.7 Å². The first-order valence-corrected chi connectivity index (χ1v) is 12.0. The van der Waals surface area contributed by atoms with Gasteiger partial charge in [-0.3, -0.25) is 14.3 Å². The van der Waals surface area contributed by atoms with Gasteiger partial charge in [-0.15, -0.1) is 0 Å². The first-order chi connectivity index (χ1) is 17.2. The molecule has 1 N–H and O–H groups in total.